The Balaban J connectivity index is 0.000000318. The molecule has 1 aliphatic carbocycles. The first-order chi connectivity index (χ1) is 37.5. The third kappa shape index (κ3) is 13.5. The van der Waals surface area contributed by atoms with E-state index in [1.807, 2.05) is 30.3 Å². The molecule has 0 spiro atoms. The van der Waals surface area contributed by atoms with E-state index >= 15 is 0 Å². The summed E-state index contributed by atoms with van der Waals surface area (Å²) in [6.45, 7) is 2.61. The normalized spacial score (nSPS) is 14.5. The second kappa shape index (κ2) is 21.8. The van der Waals surface area contributed by atoms with Gasteiger partial charge < -0.3 is 0 Å². The molecule has 2 nitrogen and oxygen atoms in total. The first-order valence-electron chi connectivity index (χ1n) is 23.9. The van der Waals surface area contributed by atoms with E-state index in [-0.39, 0.29) is 5.78 Å². The summed E-state index contributed by atoms with van der Waals surface area (Å²) in [7, 11) is 0. The lowest BCUT2D eigenvalue weighted by Gasteiger charge is -2.46. The van der Waals surface area contributed by atoms with Crippen LogP contribution in [0.15, 0.2) is 133 Å². The Hall–Kier alpha value is -7.22. The number of hydrogen-bond donors (Lipinski definition) is 0. The highest BCUT2D eigenvalue weighted by atomic mass is 19.4. The molecule has 82 heavy (non-hydrogen) atoms. The lowest BCUT2D eigenvalue weighted by Crippen LogP contribution is -2.75. The van der Waals surface area contributed by atoms with Crippen molar-refractivity contribution in [2.24, 2.45) is 0 Å². The number of hydrogen-bond acceptors (Lipinski definition) is 1. The van der Waals surface area contributed by atoms with Crippen LogP contribution in [0, 0.1) is 6.92 Å². The predicted molar refractivity (Wildman–Crippen MR) is 251 cm³/mol. The van der Waals surface area contributed by atoms with Crippen LogP contribution in [-0.4, -0.2) is 11.9 Å². The zero-order valence-electron chi connectivity index (χ0n) is 41.3. The van der Waals surface area contributed by atoms with Crippen molar-refractivity contribution in [1.29, 1.82) is 0 Å². The van der Waals surface area contributed by atoms with E-state index in [4.69, 9.17) is 0 Å². The zero-order valence-corrected chi connectivity index (χ0v) is 41.3. The van der Waals surface area contributed by atoms with Crippen molar-refractivity contribution in [3.8, 4) is 0 Å². The third-order valence-corrected chi connectivity index (χ3v) is 13.9. The number of rotatable bonds is 8. The van der Waals surface area contributed by atoms with Crippen molar-refractivity contribution in [2.45, 2.75) is 94.5 Å². The van der Waals surface area contributed by atoms with E-state index in [9.17, 15) is 110 Å². The molecule has 7 aromatic rings. The van der Waals surface area contributed by atoms with Crippen molar-refractivity contribution in [1.82, 2.24) is 0 Å². The van der Waals surface area contributed by atoms with Crippen LogP contribution in [0.25, 0.3) is 10.9 Å². The third-order valence-electron chi connectivity index (χ3n) is 13.9. The SMILES string of the molecule is Cc1cc2ccccc2[n+](CC(=O)c2ccccc2)c1C1CCCC1.FC(F)(F)c1cc([B-](c2cc(C(F)(F)F)cc(C(F)(F)F)c2)(c2cc(C(F)(F)F)cc(C(F)(F)F)c2)c2cc(C(F)(F)F)cc(C(F)(F)F)c2)cc(C(F)(F)F)c1. The van der Waals surface area contributed by atoms with Gasteiger partial charge in [-0.15, -0.1) is 0 Å². The lowest BCUT2D eigenvalue weighted by atomic mass is 9.12. The molecule has 0 N–H and O–H groups in total. The van der Waals surface area contributed by atoms with Gasteiger partial charge in [0.1, 0.15) is 6.15 Å². The predicted octanol–water partition coefficient (Wildman–Crippen LogP) is 16.2. The molecule has 27 heteroatoms. The summed E-state index contributed by atoms with van der Waals surface area (Å²) in [5.41, 5.74) is -25.6. The van der Waals surface area contributed by atoms with Crippen molar-refractivity contribution in [3.05, 3.63) is 195 Å². The summed E-state index contributed by atoms with van der Waals surface area (Å²) in [5.74, 6) is 0.758. The van der Waals surface area contributed by atoms with Crippen molar-refractivity contribution in [3.63, 3.8) is 0 Å². The van der Waals surface area contributed by atoms with Gasteiger partial charge in [-0.3, -0.25) is 4.79 Å². The molecule has 1 saturated carbocycles. The summed E-state index contributed by atoms with van der Waals surface area (Å²) in [6, 6.07) is 11.5. The zero-order chi connectivity index (χ0) is 61.1. The summed E-state index contributed by atoms with van der Waals surface area (Å²) in [6.07, 6.45) is -49.7. The van der Waals surface area contributed by atoms with Gasteiger partial charge in [-0.2, -0.15) is 132 Å². The highest BCUT2D eigenvalue weighted by Gasteiger charge is 2.47. The van der Waals surface area contributed by atoms with E-state index in [0.29, 0.717) is 12.5 Å². The van der Waals surface area contributed by atoms with E-state index in [0.717, 1.165) is 5.56 Å². The Labute approximate surface area is 447 Å². The highest BCUT2D eigenvalue weighted by Crippen LogP contribution is 2.42. The van der Waals surface area contributed by atoms with Gasteiger partial charge in [0.05, 0.1) is 44.5 Å². The molecule has 0 bridgehead atoms. The minimum atomic E-state index is -6.13. The number of benzene rings is 6. The Bertz CT molecular complexity index is 3050. The summed E-state index contributed by atoms with van der Waals surface area (Å²) in [4.78, 5) is 12.9. The van der Waals surface area contributed by atoms with Gasteiger partial charge in [0.15, 0.2) is 5.69 Å². The number of halogens is 24. The average molecular weight is 1190 g/mol. The average Bonchev–Trinajstić information content (AvgIpc) is 2.24. The number of Topliss-reactive ketones (excluding diaryl/α,β-unsaturated/α-hetero) is 1. The van der Waals surface area contributed by atoms with Crippen LogP contribution in [0.1, 0.15) is 97.7 Å². The van der Waals surface area contributed by atoms with Gasteiger partial charge in [0.25, 0.3) is 0 Å². The highest BCUT2D eigenvalue weighted by molar-refractivity contribution is 7.20. The Morgan fingerprint density at radius 2 is 0.683 bits per heavy atom. The number of ketones is 1. The van der Waals surface area contributed by atoms with Gasteiger partial charge in [-0.1, -0.05) is 104 Å². The first-order valence-corrected chi connectivity index (χ1v) is 23.9. The fourth-order valence-electron chi connectivity index (χ4n) is 10.3. The Morgan fingerprint density at radius 3 is 0.976 bits per heavy atom. The van der Waals surface area contributed by atoms with Gasteiger partial charge in [-0.25, -0.2) is 0 Å². The van der Waals surface area contributed by atoms with Crippen LogP contribution in [-0.2, 0) is 56.0 Å². The molecule has 0 radical (unpaired) electrons. The molecule has 0 aliphatic heterocycles. The minimum absolute atomic E-state index is 0.181. The van der Waals surface area contributed by atoms with Crippen molar-refractivity contribution in [2.75, 3.05) is 0 Å². The first kappa shape index (κ1) is 62.4. The van der Waals surface area contributed by atoms with Crippen LogP contribution < -0.4 is 26.4 Å². The molecular formula is C55H36BF24NO. The summed E-state index contributed by atoms with van der Waals surface area (Å²) >= 11 is 0. The van der Waals surface area contributed by atoms with E-state index in [2.05, 4.69) is 41.8 Å². The van der Waals surface area contributed by atoms with Crippen molar-refractivity contribution < 1.29 is 115 Å². The minimum Gasteiger partial charge on any atom is -0.287 e. The van der Waals surface area contributed by atoms with E-state index in [1.54, 1.807) is 0 Å². The van der Waals surface area contributed by atoms with Crippen LogP contribution in [0.2, 0.25) is 0 Å². The smallest absolute Gasteiger partial charge is 0.287 e. The van der Waals surface area contributed by atoms with Gasteiger partial charge in [-0.05, 0) is 56.2 Å². The van der Waals surface area contributed by atoms with Crippen LogP contribution in [0.3, 0.4) is 0 Å². The maximum absolute atomic E-state index is 14.2. The molecule has 0 atom stereocenters. The lowest BCUT2D eigenvalue weighted by molar-refractivity contribution is -0.666. The number of aryl methyl sites for hydroxylation is 1. The molecule has 8 rings (SSSR count). The number of alkyl halides is 24. The van der Waals surface area contributed by atoms with E-state index in [1.165, 1.54) is 47.8 Å². The van der Waals surface area contributed by atoms with Gasteiger partial charge >= 0.3 is 49.4 Å². The van der Waals surface area contributed by atoms with Crippen LogP contribution in [0.5, 0.6) is 0 Å². The van der Waals surface area contributed by atoms with Crippen LogP contribution in [0.4, 0.5) is 105 Å². The number of carbonyl (C=O) groups is 1. The van der Waals surface area contributed by atoms with Crippen molar-refractivity contribution >= 4 is 44.7 Å². The maximum Gasteiger partial charge on any atom is 0.416 e. The van der Waals surface area contributed by atoms with Crippen LogP contribution >= 0.6 is 0 Å². The van der Waals surface area contributed by atoms with Gasteiger partial charge in [0, 0.05) is 28.5 Å². The number of pyridine rings is 1. The molecule has 6 aromatic carbocycles. The molecule has 0 amide bonds. The molecular weight excluding hydrogens is 1160 g/mol. The number of fused-ring (bicyclic) bond motifs is 1. The number of nitrogens with zero attached hydrogens (tertiary/aromatic N) is 1. The Kier molecular flexibility index (Phi) is 16.6. The number of aromatic nitrogens is 1. The largest absolute Gasteiger partial charge is 0.416 e. The second-order valence-corrected chi connectivity index (χ2v) is 19.4. The fourth-order valence-corrected chi connectivity index (χ4v) is 10.3. The molecule has 1 fully saturated rings. The second-order valence-electron chi connectivity index (χ2n) is 19.4. The maximum atomic E-state index is 14.2. The van der Waals surface area contributed by atoms with Gasteiger partial charge in [0.2, 0.25) is 17.8 Å². The monoisotopic (exact) mass is 1190 g/mol. The number of carbonyl (C=O) groups excluding carboxylic acids is 1. The fraction of sp³-hybridized carbons (Fsp3) is 0.273. The molecule has 0 unspecified atom stereocenters. The molecule has 0 saturated heterocycles. The summed E-state index contributed by atoms with van der Waals surface area (Å²) in [5, 5.41) is 1.21. The topological polar surface area (TPSA) is 20.9 Å². The quantitative estimate of drug-likeness (QED) is 0.0643. The Morgan fingerprint density at radius 1 is 0.402 bits per heavy atom. The summed E-state index contributed by atoms with van der Waals surface area (Å²) < 4.78 is 343. The molecule has 1 aliphatic rings. The number of para-hydroxylation sites is 1. The molecule has 438 valence electrons. The standard InChI is InChI=1S/C32H12BF24.C23H24NO/c34-25(35,36)13-1-14(26(37,38)39)6-21(5-13)33(22-7-15(27(40,41)42)2-16(8-22)28(43,44)45,23-9-17(29(46,47)48)3-18(10-23)30(49,50)51)24-11-19(31(52,53)54)4-20(12-24)32(55,56)57;1-17-15-20-13-7-8-14-21(20)24(23(17)19-11-5-6-12-19)16-22(25)18-9-3-2-4-10-18/h1-12H;2-4,7-10,13-15,19H,5-6,11-12,16H2,1H3/q-1;+1. The van der Waals surface area contributed by atoms with E-state index < -0.39 is 195 Å². The molecule has 1 heterocycles. The molecule has 1 aromatic heterocycles.